The summed E-state index contributed by atoms with van der Waals surface area (Å²) < 4.78 is 0. The van der Waals surface area contributed by atoms with E-state index in [1.165, 1.54) is 0 Å². The zero-order valence-electron chi connectivity index (χ0n) is 14.5. The highest BCUT2D eigenvalue weighted by Crippen LogP contribution is 2.31. The van der Waals surface area contributed by atoms with Gasteiger partial charge in [-0.05, 0) is 35.9 Å². The molecule has 2 aromatic rings. The summed E-state index contributed by atoms with van der Waals surface area (Å²) in [5, 5.41) is 20.0. The van der Waals surface area contributed by atoms with Gasteiger partial charge in [0.1, 0.15) is 11.6 Å². The zero-order valence-corrected chi connectivity index (χ0v) is 15.3. The molecule has 0 saturated carbocycles. The maximum atomic E-state index is 11.7. The molecule has 132 valence electrons. The Morgan fingerprint density at radius 1 is 1.23 bits per heavy atom. The highest BCUT2D eigenvalue weighted by Gasteiger charge is 2.08. The fourth-order valence-corrected chi connectivity index (χ4v) is 2.15. The number of nitrogens with one attached hydrogen (secondary N) is 1. The predicted molar refractivity (Wildman–Crippen MR) is 105 cm³/mol. The highest BCUT2D eigenvalue weighted by atomic mass is 35.5. The van der Waals surface area contributed by atoms with E-state index in [1.54, 1.807) is 36.4 Å². The Morgan fingerprint density at radius 3 is 2.50 bits per heavy atom. The van der Waals surface area contributed by atoms with Crippen LogP contribution in [0.1, 0.15) is 5.56 Å². The van der Waals surface area contributed by atoms with Gasteiger partial charge in [-0.1, -0.05) is 18.7 Å². The molecule has 0 unspecified atom stereocenters. The summed E-state index contributed by atoms with van der Waals surface area (Å²) in [4.78, 5) is 13.6. The quantitative estimate of drug-likeness (QED) is 0.448. The molecule has 1 N–H and O–H groups in total. The van der Waals surface area contributed by atoms with E-state index in [2.05, 4.69) is 22.1 Å². The number of hydrogen-bond acceptors (Lipinski definition) is 5. The Labute approximate surface area is 157 Å². The van der Waals surface area contributed by atoms with Crippen molar-refractivity contribution in [1.82, 2.24) is 0 Å². The van der Waals surface area contributed by atoms with E-state index in [-0.39, 0.29) is 11.8 Å². The number of benzene rings is 2. The number of nitriles is 1. The average Bonchev–Trinajstić information content (AvgIpc) is 2.66. The summed E-state index contributed by atoms with van der Waals surface area (Å²) in [7, 11) is 3.81. The van der Waals surface area contributed by atoms with Crippen molar-refractivity contribution in [1.29, 1.82) is 5.26 Å². The number of alkyl halides is 1. The maximum Gasteiger partial charge on any atom is 0.239 e. The second kappa shape index (κ2) is 8.79. The van der Waals surface area contributed by atoms with Crippen LogP contribution in [-0.4, -0.2) is 25.9 Å². The van der Waals surface area contributed by atoms with E-state index >= 15 is 0 Å². The van der Waals surface area contributed by atoms with Crippen molar-refractivity contribution in [2.75, 3.05) is 30.2 Å². The van der Waals surface area contributed by atoms with E-state index in [0.29, 0.717) is 22.6 Å². The molecular formula is C19H18ClN5O. The first-order valence-corrected chi connectivity index (χ1v) is 8.26. The second-order valence-corrected chi connectivity index (χ2v) is 5.88. The number of nitrogens with zero attached hydrogens (tertiary/aromatic N) is 4. The van der Waals surface area contributed by atoms with Crippen LogP contribution in [0.15, 0.2) is 59.3 Å². The van der Waals surface area contributed by atoms with Gasteiger partial charge in [0.05, 0.1) is 23.0 Å². The van der Waals surface area contributed by atoms with Crippen molar-refractivity contribution in [3.8, 4) is 6.07 Å². The lowest BCUT2D eigenvalue weighted by Gasteiger charge is -2.15. The minimum atomic E-state index is -0.321. The molecule has 1 amide bonds. The third-order valence-corrected chi connectivity index (χ3v) is 3.76. The van der Waals surface area contributed by atoms with Gasteiger partial charge in [0.15, 0.2) is 0 Å². The molecule has 0 saturated heterocycles. The van der Waals surface area contributed by atoms with E-state index in [4.69, 9.17) is 16.9 Å². The number of anilines is 2. The number of hydrogen-bond donors (Lipinski definition) is 1. The van der Waals surface area contributed by atoms with Gasteiger partial charge in [0.25, 0.3) is 0 Å². The van der Waals surface area contributed by atoms with Crippen LogP contribution in [0.4, 0.5) is 22.7 Å². The number of carbonyl (C=O) groups excluding carboxylic acids is 1. The number of allylic oxidation sites excluding steroid dienone is 1. The Bertz CT molecular complexity index is 882. The van der Waals surface area contributed by atoms with Crippen LogP contribution in [0.25, 0.3) is 5.57 Å². The number of azo groups is 1. The topological polar surface area (TPSA) is 80.8 Å². The van der Waals surface area contributed by atoms with Gasteiger partial charge in [-0.25, -0.2) is 0 Å². The highest BCUT2D eigenvalue weighted by molar-refractivity contribution is 6.29. The molecule has 0 aliphatic carbocycles. The second-order valence-electron chi connectivity index (χ2n) is 5.61. The molecule has 0 heterocycles. The summed E-state index contributed by atoms with van der Waals surface area (Å²) >= 11 is 5.58. The molecule has 0 aliphatic rings. The monoisotopic (exact) mass is 367 g/mol. The smallest absolute Gasteiger partial charge is 0.239 e. The fourth-order valence-electron chi connectivity index (χ4n) is 2.08. The van der Waals surface area contributed by atoms with E-state index < -0.39 is 0 Å². The number of halogens is 1. The fraction of sp³-hybridized carbons (Fsp3) is 0.158. The van der Waals surface area contributed by atoms with Crippen molar-refractivity contribution < 1.29 is 4.79 Å². The molecule has 26 heavy (non-hydrogen) atoms. The van der Waals surface area contributed by atoms with Crippen molar-refractivity contribution in [2.24, 2.45) is 10.2 Å². The lowest BCUT2D eigenvalue weighted by molar-refractivity contribution is -0.113. The first-order chi connectivity index (χ1) is 12.4. The Hall–Kier alpha value is -3.17. The Kier molecular flexibility index (Phi) is 6.48. The van der Waals surface area contributed by atoms with Crippen LogP contribution in [0.5, 0.6) is 0 Å². The number of carbonyl (C=O) groups is 1. The van der Waals surface area contributed by atoms with Gasteiger partial charge in [0.2, 0.25) is 5.91 Å². The summed E-state index contributed by atoms with van der Waals surface area (Å²) in [6.07, 6.45) is 0. The first-order valence-electron chi connectivity index (χ1n) is 7.73. The summed E-state index contributed by atoms with van der Waals surface area (Å²) in [6, 6.07) is 14.5. The molecule has 2 rings (SSSR count). The Balaban J connectivity index is 2.29. The summed E-state index contributed by atoms with van der Waals surface area (Å²) in [6.45, 7) is 3.67. The largest absolute Gasteiger partial charge is 0.378 e. The molecule has 7 heteroatoms. The molecule has 2 aromatic carbocycles. The normalized spacial score (nSPS) is 10.4. The minimum Gasteiger partial charge on any atom is -0.378 e. The third kappa shape index (κ3) is 4.91. The lowest BCUT2D eigenvalue weighted by Crippen LogP contribution is -2.14. The van der Waals surface area contributed by atoms with Crippen LogP contribution < -0.4 is 10.2 Å². The van der Waals surface area contributed by atoms with Crippen LogP contribution in [0, 0.1) is 11.3 Å². The molecule has 0 radical (unpaired) electrons. The molecule has 0 aliphatic heterocycles. The molecule has 0 bridgehead atoms. The van der Waals surface area contributed by atoms with Crippen LogP contribution in [0.2, 0.25) is 0 Å². The van der Waals surface area contributed by atoms with Crippen LogP contribution in [0.3, 0.4) is 0 Å². The van der Waals surface area contributed by atoms with Gasteiger partial charge >= 0.3 is 0 Å². The molecular weight excluding hydrogens is 350 g/mol. The van der Waals surface area contributed by atoms with Gasteiger partial charge in [-0.2, -0.15) is 10.4 Å². The van der Waals surface area contributed by atoms with Crippen molar-refractivity contribution in [3.63, 3.8) is 0 Å². The molecule has 0 atom stereocenters. The van der Waals surface area contributed by atoms with Crippen molar-refractivity contribution >= 4 is 45.8 Å². The predicted octanol–water partition coefficient (Wildman–Crippen LogP) is 4.88. The SMILES string of the molecule is C=C(C#N)c1ccc(N=Nc2ccc(N(C)C)cc2NC(=O)CCl)cc1. The van der Waals surface area contributed by atoms with E-state index in [0.717, 1.165) is 11.3 Å². The molecule has 6 nitrogen and oxygen atoms in total. The van der Waals surface area contributed by atoms with Gasteiger partial charge < -0.3 is 10.2 Å². The molecule has 0 fully saturated rings. The lowest BCUT2D eigenvalue weighted by atomic mass is 10.1. The van der Waals surface area contributed by atoms with E-state index in [9.17, 15) is 4.79 Å². The average molecular weight is 368 g/mol. The minimum absolute atomic E-state index is 0.146. The van der Waals surface area contributed by atoms with E-state index in [1.807, 2.05) is 31.1 Å². The molecule has 0 aromatic heterocycles. The summed E-state index contributed by atoms with van der Waals surface area (Å²) in [5.74, 6) is -0.467. The maximum absolute atomic E-state index is 11.7. The van der Waals surface area contributed by atoms with Crippen molar-refractivity contribution in [3.05, 3.63) is 54.6 Å². The first kappa shape index (κ1) is 19.2. The molecule has 0 spiro atoms. The van der Waals surface area contributed by atoms with Gasteiger partial charge in [-0.15, -0.1) is 16.7 Å². The zero-order chi connectivity index (χ0) is 19.1. The number of rotatable bonds is 6. The van der Waals surface area contributed by atoms with Crippen LogP contribution >= 0.6 is 11.6 Å². The van der Waals surface area contributed by atoms with Gasteiger partial charge in [0, 0.05) is 19.8 Å². The number of amides is 1. The third-order valence-electron chi connectivity index (χ3n) is 3.52. The van der Waals surface area contributed by atoms with Gasteiger partial charge in [-0.3, -0.25) is 4.79 Å². The standard InChI is InChI=1S/C19H18ClN5O/c1-13(12-21)14-4-6-15(7-5-14)23-24-17-9-8-16(25(2)3)10-18(17)22-19(26)11-20/h4-10H,1,11H2,2-3H3,(H,22,26). The Morgan fingerprint density at radius 2 is 1.92 bits per heavy atom. The van der Waals surface area contributed by atoms with Crippen molar-refractivity contribution in [2.45, 2.75) is 0 Å². The van der Waals surface area contributed by atoms with Crippen LogP contribution in [-0.2, 0) is 4.79 Å². The summed E-state index contributed by atoms with van der Waals surface area (Å²) in [5.41, 5.74) is 3.69.